The molecule has 0 unspecified atom stereocenters. The molecule has 44 heavy (non-hydrogen) atoms. The topological polar surface area (TPSA) is 99.1 Å². The van der Waals surface area contributed by atoms with Crippen LogP contribution < -0.4 is 17.2 Å². The third-order valence-electron chi connectivity index (χ3n) is 5.89. The van der Waals surface area contributed by atoms with Crippen molar-refractivity contribution in [1.29, 1.82) is 0 Å². The number of aromatic nitrogens is 2. The first kappa shape index (κ1) is 38.6. The summed E-state index contributed by atoms with van der Waals surface area (Å²) in [5, 5.41) is 0. The van der Waals surface area contributed by atoms with Crippen LogP contribution in [0.25, 0.3) is 0 Å². The van der Waals surface area contributed by atoms with Gasteiger partial charge in [0.1, 0.15) is 0 Å². The SMILES string of the molecule is CC(C)(C)n1ccnc1N.CN(C)CCCc1cc(N)cc(C(F)(F)F)c1.NCCc1cc(C(F)(F)F)cc(C(F)(F)F)c1. The van der Waals surface area contributed by atoms with E-state index in [2.05, 4.69) is 25.8 Å². The second-order valence-corrected chi connectivity index (χ2v) is 11.1. The Hall–Kier alpha value is -3.46. The second-order valence-electron chi connectivity index (χ2n) is 11.1. The molecular formula is C29H39F9N6. The second kappa shape index (κ2) is 15.5. The molecule has 0 amide bonds. The lowest BCUT2D eigenvalue weighted by Crippen LogP contribution is -2.22. The summed E-state index contributed by atoms with van der Waals surface area (Å²) in [6, 6.07) is 5.20. The number of rotatable bonds is 6. The zero-order valence-electron chi connectivity index (χ0n) is 25.1. The first-order valence-corrected chi connectivity index (χ1v) is 13.3. The summed E-state index contributed by atoms with van der Waals surface area (Å²) in [4.78, 5) is 5.92. The quantitative estimate of drug-likeness (QED) is 0.195. The number of aryl methyl sites for hydroxylation is 1. The van der Waals surface area contributed by atoms with Crippen LogP contribution in [0.4, 0.5) is 51.1 Å². The summed E-state index contributed by atoms with van der Waals surface area (Å²) in [5.41, 5.74) is 13.7. The third kappa shape index (κ3) is 13.5. The highest BCUT2D eigenvalue weighted by Crippen LogP contribution is 2.36. The lowest BCUT2D eigenvalue weighted by Gasteiger charge is -2.21. The first-order chi connectivity index (χ1) is 19.9. The minimum Gasteiger partial charge on any atom is -0.399 e. The van der Waals surface area contributed by atoms with Gasteiger partial charge >= 0.3 is 18.5 Å². The molecule has 0 aliphatic carbocycles. The maximum atomic E-state index is 12.5. The summed E-state index contributed by atoms with van der Waals surface area (Å²) in [6.07, 6.45) is -8.95. The lowest BCUT2D eigenvalue weighted by molar-refractivity contribution is -0.143. The number of nitrogens with two attached hydrogens (primary N) is 3. The Kier molecular flexibility index (Phi) is 13.6. The van der Waals surface area contributed by atoms with E-state index in [1.807, 2.05) is 29.8 Å². The van der Waals surface area contributed by atoms with Gasteiger partial charge in [-0.3, -0.25) is 0 Å². The predicted molar refractivity (Wildman–Crippen MR) is 154 cm³/mol. The molecule has 1 heterocycles. The van der Waals surface area contributed by atoms with Gasteiger partial charge in [-0.25, -0.2) is 4.98 Å². The molecule has 0 saturated carbocycles. The van der Waals surface area contributed by atoms with Crippen molar-refractivity contribution in [1.82, 2.24) is 14.5 Å². The van der Waals surface area contributed by atoms with Crippen LogP contribution in [0.5, 0.6) is 0 Å². The molecule has 2 aromatic carbocycles. The van der Waals surface area contributed by atoms with Crippen LogP contribution in [0.2, 0.25) is 0 Å². The number of imidazole rings is 1. The van der Waals surface area contributed by atoms with Crippen molar-refractivity contribution in [2.24, 2.45) is 5.73 Å². The Morgan fingerprint density at radius 1 is 0.705 bits per heavy atom. The fraction of sp³-hybridized carbons (Fsp3) is 0.483. The number of benzene rings is 2. The molecule has 1 aromatic heterocycles. The average Bonchev–Trinajstić information content (AvgIpc) is 3.29. The molecule has 0 radical (unpaired) electrons. The molecule has 3 rings (SSSR count). The van der Waals surface area contributed by atoms with Crippen molar-refractivity contribution in [2.45, 2.75) is 64.1 Å². The Balaban J connectivity index is 0.000000342. The van der Waals surface area contributed by atoms with E-state index in [1.165, 1.54) is 6.07 Å². The van der Waals surface area contributed by atoms with E-state index in [0.717, 1.165) is 19.0 Å². The van der Waals surface area contributed by atoms with Gasteiger partial charge in [0, 0.05) is 23.6 Å². The molecule has 0 aliphatic heterocycles. The highest BCUT2D eigenvalue weighted by molar-refractivity contribution is 5.45. The van der Waals surface area contributed by atoms with Gasteiger partial charge < -0.3 is 26.7 Å². The maximum absolute atomic E-state index is 12.5. The molecule has 6 N–H and O–H groups in total. The number of hydrogen-bond acceptors (Lipinski definition) is 5. The van der Waals surface area contributed by atoms with Crippen molar-refractivity contribution in [3.05, 3.63) is 76.6 Å². The van der Waals surface area contributed by atoms with E-state index >= 15 is 0 Å². The summed E-state index contributed by atoms with van der Waals surface area (Å²) >= 11 is 0. The van der Waals surface area contributed by atoms with E-state index in [4.69, 9.17) is 17.2 Å². The third-order valence-corrected chi connectivity index (χ3v) is 5.89. The van der Waals surface area contributed by atoms with E-state index in [-0.39, 0.29) is 35.8 Å². The van der Waals surface area contributed by atoms with Gasteiger partial charge in [-0.05, 0) is 115 Å². The molecule has 0 fully saturated rings. The number of halogens is 9. The van der Waals surface area contributed by atoms with Gasteiger partial charge in [0.2, 0.25) is 5.95 Å². The lowest BCUT2D eigenvalue weighted by atomic mass is 10.0. The number of nitrogen functional groups attached to an aromatic ring is 2. The summed E-state index contributed by atoms with van der Waals surface area (Å²) in [5.74, 6) is 0.576. The number of anilines is 2. The van der Waals surface area contributed by atoms with Gasteiger partial charge in [0.05, 0.1) is 16.7 Å². The van der Waals surface area contributed by atoms with Crippen molar-refractivity contribution in [2.75, 3.05) is 38.7 Å². The minimum absolute atomic E-state index is 0.0153. The normalized spacial score (nSPS) is 12.4. The van der Waals surface area contributed by atoms with Gasteiger partial charge in [0.15, 0.2) is 0 Å². The molecule has 0 atom stereocenters. The van der Waals surface area contributed by atoms with E-state index in [1.54, 1.807) is 12.3 Å². The molecule has 15 heteroatoms. The van der Waals surface area contributed by atoms with Crippen molar-refractivity contribution >= 4 is 11.6 Å². The molecule has 6 nitrogen and oxygen atoms in total. The zero-order valence-corrected chi connectivity index (χ0v) is 25.1. The standard InChI is InChI=1S/C12H17F3N2.C10H9F6N.C7H13N3/c1-17(2)5-3-4-9-6-10(12(13,14)15)8-11(16)7-9;11-9(12,13)7-3-6(1-2-17)4-8(5-7)10(14,15)16;1-7(2,3)10-5-4-9-6(10)8/h6-8H,3-5,16H2,1-2H3;3-5H,1-2,17H2;4-5H,1-3H3,(H2,8,9). The predicted octanol–water partition coefficient (Wildman–Crippen LogP) is 7.23. The summed E-state index contributed by atoms with van der Waals surface area (Å²) in [7, 11) is 3.86. The molecule has 248 valence electrons. The van der Waals surface area contributed by atoms with Crippen LogP contribution in [-0.4, -0.2) is 41.6 Å². The minimum atomic E-state index is -4.80. The monoisotopic (exact) mass is 642 g/mol. The number of nitrogens with zero attached hydrogens (tertiary/aromatic N) is 3. The van der Waals surface area contributed by atoms with Crippen LogP contribution in [0.3, 0.4) is 0 Å². The van der Waals surface area contributed by atoms with Crippen molar-refractivity contribution < 1.29 is 39.5 Å². The highest BCUT2D eigenvalue weighted by atomic mass is 19.4. The largest absolute Gasteiger partial charge is 0.416 e. The number of hydrogen-bond donors (Lipinski definition) is 3. The zero-order chi connectivity index (χ0) is 34.1. The van der Waals surface area contributed by atoms with Gasteiger partial charge in [-0.1, -0.05) is 0 Å². The van der Waals surface area contributed by atoms with Gasteiger partial charge in [-0.15, -0.1) is 0 Å². The van der Waals surface area contributed by atoms with Crippen molar-refractivity contribution in [3.8, 4) is 0 Å². The highest BCUT2D eigenvalue weighted by Gasteiger charge is 2.36. The van der Waals surface area contributed by atoms with E-state index in [0.29, 0.717) is 30.1 Å². The van der Waals surface area contributed by atoms with E-state index < -0.39 is 35.2 Å². The molecule has 3 aromatic rings. The summed E-state index contributed by atoms with van der Waals surface area (Å²) < 4.78 is 114. The van der Waals surface area contributed by atoms with Gasteiger partial charge in [0.25, 0.3) is 0 Å². The Morgan fingerprint density at radius 2 is 1.16 bits per heavy atom. The van der Waals surface area contributed by atoms with Crippen LogP contribution in [0.15, 0.2) is 48.8 Å². The fourth-order valence-electron chi connectivity index (χ4n) is 3.84. The number of alkyl halides is 9. The van der Waals surface area contributed by atoms with Crippen LogP contribution in [0, 0.1) is 0 Å². The Labute approximate surface area is 251 Å². The molecule has 0 bridgehead atoms. The van der Waals surface area contributed by atoms with Crippen molar-refractivity contribution in [3.63, 3.8) is 0 Å². The molecule has 0 saturated heterocycles. The van der Waals surface area contributed by atoms with Crippen LogP contribution >= 0.6 is 0 Å². The van der Waals surface area contributed by atoms with Crippen LogP contribution in [0.1, 0.15) is 55.0 Å². The molecule has 0 aliphatic rings. The maximum Gasteiger partial charge on any atom is 0.416 e. The summed E-state index contributed by atoms with van der Waals surface area (Å²) in [6.45, 7) is 7.09. The first-order valence-electron chi connectivity index (χ1n) is 13.3. The van der Waals surface area contributed by atoms with Gasteiger partial charge in [-0.2, -0.15) is 39.5 Å². The fourth-order valence-corrected chi connectivity index (χ4v) is 3.84. The average molecular weight is 643 g/mol. The van der Waals surface area contributed by atoms with Crippen LogP contribution in [-0.2, 0) is 36.9 Å². The molecule has 0 spiro atoms. The van der Waals surface area contributed by atoms with E-state index in [9.17, 15) is 39.5 Å². The Bertz CT molecular complexity index is 1270. The smallest absolute Gasteiger partial charge is 0.399 e. The Morgan fingerprint density at radius 3 is 1.50 bits per heavy atom. The molecular weight excluding hydrogens is 603 g/mol.